The Morgan fingerprint density at radius 2 is 1.58 bits per heavy atom. The molecular formula is C18H18ClNO4. The highest BCUT2D eigenvalue weighted by molar-refractivity contribution is 6.30. The number of hydrogen-bond acceptors (Lipinski definition) is 4. The first kappa shape index (κ1) is 17.8. The van der Waals surface area contributed by atoms with Gasteiger partial charge in [-0.1, -0.05) is 11.6 Å². The molecule has 0 aliphatic carbocycles. The zero-order valence-corrected chi connectivity index (χ0v) is 14.4. The minimum absolute atomic E-state index is 0.316. The van der Waals surface area contributed by atoms with Crippen LogP contribution in [0.4, 0.5) is 5.69 Å². The van der Waals surface area contributed by atoms with E-state index in [0.29, 0.717) is 22.0 Å². The van der Waals surface area contributed by atoms with Gasteiger partial charge in [0.05, 0.1) is 12.7 Å². The second-order valence-corrected chi connectivity index (χ2v) is 6.03. The average Bonchev–Trinajstić information content (AvgIpc) is 2.56. The summed E-state index contributed by atoms with van der Waals surface area (Å²) in [6.45, 7) is 3.33. The van der Waals surface area contributed by atoms with Crippen LogP contribution in [0, 0.1) is 0 Å². The topological polar surface area (TPSA) is 64.6 Å². The van der Waals surface area contributed by atoms with E-state index in [1.165, 1.54) is 7.11 Å². The van der Waals surface area contributed by atoms with Crippen LogP contribution in [0.5, 0.6) is 5.75 Å². The summed E-state index contributed by atoms with van der Waals surface area (Å²) < 4.78 is 10.4. The Kier molecular flexibility index (Phi) is 5.46. The highest BCUT2D eigenvalue weighted by Gasteiger charge is 2.30. The lowest BCUT2D eigenvalue weighted by Crippen LogP contribution is -2.42. The average molecular weight is 348 g/mol. The summed E-state index contributed by atoms with van der Waals surface area (Å²) in [5, 5.41) is 3.35. The van der Waals surface area contributed by atoms with Crippen LogP contribution in [0.15, 0.2) is 48.5 Å². The maximum Gasteiger partial charge on any atom is 0.337 e. The molecule has 126 valence electrons. The van der Waals surface area contributed by atoms with Gasteiger partial charge in [-0.2, -0.15) is 0 Å². The first-order chi connectivity index (χ1) is 11.3. The van der Waals surface area contributed by atoms with E-state index in [2.05, 4.69) is 10.1 Å². The summed E-state index contributed by atoms with van der Waals surface area (Å²) >= 11 is 5.83. The number of carbonyl (C=O) groups is 2. The van der Waals surface area contributed by atoms with Gasteiger partial charge in [-0.25, -0.2) is 4.79 Å². The van der Waals surface area contributed by atoms with Crippen molar-refractivity contribution in [2.45, 2.75) is 19.4 Å². The van der Waals surface area contributed by atoms with Crippen molar-refractivity contribution in [1.82, 2.24) is 0 Å². The number of halogens is 1. The van der Waals surface area contributed by atoms with Crippen molar-refractivity contribution in [3.63, 3.8) is 0 Å². The lowest BCUT2D eigenvalue weighted by atomic mass is 10.1. The van der Waals surface area contributed by atoms with E-state index in [4.69, 9.17) is 16.3 Å². The van der Waals surface area contributed by atoms with E-state index in [9.17, 15) is 9.59 Å². The van der Waals surface area contributed by atoms with E-state index in [0.717, 1.165) is 0 Å². The molecule has 0 bridgehead atoms. The van der Waals surface area contributed by atoms with Crippen molar-refractivity contribution < 1.29 is 19.1 Å². The molecule has 0 aliphatic heterocycles. The number of ether oxygens (including phenoxy) is 2. The van der Waals surface area contributed by atoms with Crippen molar-refractivity contribution in [2.24, 2.45) is 0 Å². The van der Waals surface area contributed by atoms with E-state index in [1.54, 1.807) is 62.4 Å². The Bertz CT molecular complexity index is 724. The molecule has 1 N–H and O–H groups in total. The fourth-order valence-electron chi connectivity index (χ4n) is 1.93. The van der Waals surface area contributed by atoms with Crippen LogP contribution in [-0.4, -0.2) is 24.6 Å². The third-order valence-corrected chi connectivity index (χ3v) is 3.55. The number of anilines is 1. The lowest BCUT2D eigenvalue weighted by molar-refractivity contribution is -0.128. The van der Waals surface area contributed by atoms with Gasteiger partial charge in [0.15, 0.2) is 5.60 Å². The quantitative estimate of drug-likeness (QED) is 0.832. The molecule has 6 heteroatoms. The van der Waals surface area contributed by atoms with Gasteiger partial charge in [0, 0.05) is 10.7 Å². The lowest BCUT2D eigenvalue weighted by Gasteiger charge is -2.25. The third kappa shape index (κ3) is 4.49. The van der Waals surface area contributed by atoms with Gasteiger partial charge in [0.25, 0.3) is 5.91 Å². The Morgan fingerprint density at radius 3 is 2.12 bits per heavy atom. The largest absolute Gasteiger partial charge is 0.478 e. The molecule has 2 aromatic rings. The van der Waals surface area contributed by atoms with Crippen LogP contribution in [0.1, 0.15) is 24.2 Å². The highest BCUT2D eigenvalue weighted by atomic mass is 35.5. The highest BCUT2D eigenvalue weighted by Crippen LogP contribution is 2.22. The molecule has 0 fully saturated rings. The minimum Gasteiger partial charge on any atom is -0.478 e. The molecule has 5 nitrogen and oxygen atoms in total. The van der Waals surface area contributed by atoms with E-state index in [-0.39, 0.29) is 5.91 Å². The van der Waals surface area contributed by atoms with Crippen LogP contribution in [-0.2, 0) is 9.53 Å². The number of rotatable bonds is 5. The van der Waals surface area contributed by atoms with Gasteiger partial charge in [0.1, 0.15) is 5.75 Å². The molecule has 0 saturated heterocycles. The number of carbonyl (C=O) groups excluding carboxylic acids is 2. The number of esters is 1. The number of methoxy groups -OCH3 is 1. The molecule has 0 unspecified atom stereocenters. The number of amides is 1. The molecule has 2 aromatic carbocycles. The van der Waals surface area contributed by atoms with Crippen LogP contribution < -0.4 is 10.1 Å². The maximum atomic E-state index is 12.4. The van der Waals surface area contributed by atoms with Gasteiger partial charge in [0.2, 0.25) is 0 Å². The number of benzene rings is 2. The fraction of sp³-hybridized carbons (Fsp3) is 0.222. The summed E-state index contributed by atoms with van der Waals surface area (Å²) in [6.07, 6.45) is 0. The standard InChI is InChI=1S/C18H18ClNO4/c1-18(2,24-15-10-6-13(19)7-11-15)17(22)20-14-8-4-12(5-9-14)16(21)23-3/h4-11H,1-3H3,(H,20,22). The van der Waals surface area contributed by atoms with Crippen molar-refractivity contribution in [2.75, 3.05) is 12.4 Å². The summed E-state index contributed by atoms with van der Waals surface area (Å²) in [6, 6.07) is 13.2. The van der Waals surface area contributed by atoms with E-state index < -0.39 is 11.6 Å². The molecule has 24 heavy (non-hydrogen) atoms. The molecule has 2 rings (SSSR count). The summed E-state index contributed by atoms with van der Waals surface area (Å²) in [5.74, 6) is -0.205. The van der Waals surface area contributed by atoms with Crippen molar-refractivity contribution >= 4 is 29.2 Å². The number of nitrogens with one attached hydrogen (secondary N) is 1. The fourth-order valence-corrected chi connectivity index (χ4v) is 2.06. The normalized spacial score (nSPS) is 10.8. The second kappa shape index (κ2) is 7.36. The van der Waals surface area contributed by atoms with Crippen molar-refractivity contribution in [3.05, 3.63) is 59.1 Å². The summed E-state index contributed by atoms with van der Waals surface area (Å²) in [5.41, 5.74) is -0.123. The van der Waals surface area contributed by atoms with Gasteiger partial charge < -0.3 is 14.8 Å². The van der Waals surface area contributed by atoms with Gasteiger partial charge >= 0.3 is 5.97 Å². The Balaban J connectivity index is 2.04. The Labute approximate surface area is 145 Å². The smallest absolute Gasteiger partial charge is 0.337 e. The molecule has 0 heterocycles. The predicted octanol–water partition coefficient (Wildman–Crippen LogP) is 3.92. The summed E-state index contributed by atoms with van der Waals surface area (Å²) in [7, 11) is 1.31. The van der Waals surface area contributed by atoms with Crippen LogP contribution in [0.25, 0.3) is 0 Å². The zero-order valence-electron chi connectivity index (χ0n) is 13.6. The number of hydrogen-bond donors (Lipinski definition) is 1. The van der Waals surface area contributed by atoms with E-state index in [1.807, 2.05) is 0 Å². The second-order valence-electron chi connectivity index (χ2n) is 5.59. The SMILES string of the molecule is COC(=O)c1ccc(NC(=O)C(C)(C)Oc2ccc(Cl)cc2)cc1. The molecule has 0 saturated carbocycles. The van der Waals surface area contributed by atoms with Crippen LogP contribution >= 0.6 is 11.6 Å². The molecule has 1 amide bonds. The monoisotopic (exact) mass is 347 g/mol. The van der Waals surface area contributed by atoms with Gasteiger partial charge in [-0.3, -0.25) is 4.79 Å². The zero-order chi connectivity index (χ0) is 17.7. The molecule has 0 atom stereocenters. The van der Waals surface area contributed by atoms with Gasteiger partial charge in [-0.05, 0) is 62.4 Å². The van der Waals surface area contributed by atoms with E-state index >= 15 is 0 Å². The molecule has 0 aliphatic rings. The maximum absolute atomic E-state index is 12.4. The predicted molar refractivity (Wildman–Crippen MR) is 92.6 cm³/mol. The van der Waals surface area contributed by atoms with Crippen molar-refractivity contribution in [1.29, 1.82) is 0 Å². The van der Waals surface area contributed by atoms with Gasteiger partial charge in [-0.15, -0.1) is 0 Å². The molecule has 0 radical (unpaired) electrons. The third-order valence-electron chi connectivity index (χ3n) is 3.30. The minimum atomic E-state index is -1.09. The Morgan fingerprint density at radius 1 is 1.00 bits per heavy atom. The first-order valence-corrected chi connectivity index (χ1v) is 7.64. The van der Waals surface area contributed by atoms with Crippen molar-refractivity contribution in [3.8, 4) is 5.75 Å². The summed E-state index contributed by atoms with van der Waals surface area (Å²) in [4.78, 5) is 23.8. The molecular weight excluding hydrogens is 330 g/mol. The molecule has 0 aromatic heterocycles. The van der Waals surface area contributed by atoms with Crippen LogP contribution in [0.3, 0.4) is 0 Å². The Hall–Kier alpha value is -2.53. The van der Waals surface area contributed by atoms with Crippen LogP contribution in [0.2, 0.25) is 5.02 Å². The first-order valence-electron chi connectivity index (χ1n) is 7.26. The molecule has 0 spiro atoms.